The van der Waals surface area contributed by atoms with E-state index in [4.69, 9.17) is 5.11 Å². The summed E-state index contributed by atoms with van der Waals surface area (Å²) in [5, 5.41) is 9.17. The molecule has 0 amide bonds. The number of aliphatic hydroxyl groups is 1. The number of ether oxygens (including phenoxy) is 1. The van der Waals surface area contributed by atoms with E-state index in [9.17, 15) is 13.2 Å². The fourth-order valence-corrected chi connectivity index (χ4v) is 1.26. The second kappa shape index (κ2) is 4.11. The molecule has 0 aromatic heterocycles. The van der Waals surface area contributed by atoms with Crippen molar-refractivity contribution in [3.8, 4) is 0 Å². The summed E-state index contributed by atoms with van der Waals surface area (Å²) in [7, 11) is 0. The second-order valence-electron chi connectivity index (χ2n) is 3.00. The Hall–Kier alpha value is -0.550. The minimum Gasteiger partial charge on any atom is -0.393 e. The van der Waals surface area contributed by atoms with Crippen LogP contribution in [0.5, 0.6) is 0 Å². The minimum absolute atomic E-state index is 0.00993. The largest absolute Gasteiger partial charge is 0.523 e. The van der Waals surface area contributed by atoms with Crippen molar-refractivity contribution in [1.29, 1.82) is 0 Å². The van der Waals surface area contributed by atoms with Gasteiger partial charge in [0.05, 0.1) is 12.2 Å². The van der Waals surface area contributed by atoms with Crippen LogP contribution in [0.25, 0.3) is 0 Å². The number of alkyl halides is 3. The highest BCUT2D eigenvalue weighted by molar-refractivity contribution is 4.94. The molecule has 0 radical (unpaired) electrons. The number of hydrogen-bond donors (Lipinski definition) is 1. The standard InChI is InChI=1S/C8H11F3O2/c9-8(10,11)13-7-4-2-1-3-6(12)5-7/h2,4,6-7,12H,1,3,5H2. The molecule has 2 atom stereocenters. The summed E-state index contributed by atoms with van der Waals surface area (Å²) in [5.41, 5.74) is 0. The molecular weight excluding hydrogens is 185 g/mol. The lowest BCUT2D eigenvalue weighted by Crippen LogP contribution is -2.25. The van der Waals surface area contributed by atoms with Crippen molar-refractivity contribution < 1.29 is 23.0 Å². The van der Waals surface area contributed by atoms with Crippen molar-refractivity contribution in [1.82, 2.24) is 0 Å². The first-order chi connectivity index (χ1) is 5.97. The van der Waals surface area contributed by atoms with Gasteiger partial charge in [-0.25, -0.2) is 0 Å². The van der Waals surface area contributed by atoms with E-state index in [1.807, 2.05) is 0 Å². The molecule has 0 heterocycles. The molecule has 0 aromatic carbocycles. The van der Waals surface area contributed by atoms with Crippen molar-refractivity contribution in [2.24, 2.45) is 0 Å². The molecule has 76 valence electrons. The molecule has 0 saturated heterocycles. The lowest BCUT2D eigenvalue weighted by molar-refractivity contribution is -0.337. The Labute approximate surface area is 74.0 Å². The molecule has 2 nitrogen and oxygen atoms in total. The summed E-state index contributed by atoms with van der Waals surface area (Å²) in [6.45, 7) is 0. The van der Waals surface area contributed by atoms with Crippen LogP contribution in [0.3, 0.4) is 0 Å². The zero-order chi connectivity index (χ0) is 9.90. The smallest absolute Gasteiger partial charge is 0.393 e. The molecule has 2 unspecified atom stereocenters. The van der Waals surface area contributed by atoms with E-state index in [1.165, 1.54) is 6.08 Å². The van der Waals surface area contributed by atoms with Crippen LogP contribution in [0.4, 0.5) is 13.2 Å². The summed E-state index contributed by atoms with van der Waals surface area (Å²) in [6.07, 6.45) is -2.32. The topological polar surface area (TPSA) is 29.5 Å². The molecule has 13 heavy (non-hydrogen) atoms. The molecule has 1 aliphatic rings. The van der Waals surface area contributed by atoms with Gasteiger partial charge in [0.15, 0.2) is 0 Å². The van der Waals surface area contributed by atoms with Gasteiger partial charge in [-0.2, -0.15) is 0 Å². The molecule has 0 saturated carbocycles. The van der Waals surface area contributed by atoms with Crippen molar-refractivity contribution in [3.63, 3.8) is 0 Å². The molecule has 0 fully saturated rings. The van der Waals surface area contributed by atoms with Crippen LogP contribution in [-0.4, -0.2) is 23.7 Å². The highest BCUT2D eigenvalue weighted by Crippen LogP contribution is 2.24. The molecule has 0 bridgehead atoms. The number of rotatable bonds is 1. The van der Waals surface area contributed by atoms with Crippen LogP contribution in [0.2, 0.25) is 0 Å². The number of allylic oxidation sites excluding steroid dienone is 1. The van der Waals surface area contributed by atoms with Gasteiger partial charge in [-0.3, -0.25) is 4.74 Å². The van der Waals surface area contributed by atoms with Gasteiger partial charge in [-0.05, 0) is 12.8 Å². The normalized spacial score (nSPS) is 30.2. The first-order valence-electron chi connectivity index (χ1n) is 4.06. The van der Waals surface area contributed by atoms with E-state index in [0.717, 1.165) is 0 Å². The predicted molar refractivity (Wildman–Crippen MR) is 39.9 cm³/mol. The second-order valence-corrected chi connectivity index (χ2v) is 3.00. The van der Waals surface area contributed by atoms with E-state index < -0.39 is 18.6 Å². The van der Waals surface area contributed by atoms with Crippen LogP contribution in [0.15, 0.2) is 12.2 Å². The van der Waals surface area contributed by atoms with Crippen LogP contribution < -0.4 is 0 Å². The molecule has 5 heteroatoms. The Kier molecular flexibility index (Phi) is 3.33. The lowest BCUT2D eigenvalue weighted by Gasteiger charge is -2.16. The summed E-state index contributed by atoms with van der Waals surface area (Å²) < 4.78 is 39.1. The third kappa shape index (κ3) is 4.28. The van der Waals surface area contributed by atoms with E-state index in [2.05, 4.69) is 4.74 Å². The highest BCUT2D eigenvalue weighted by Gasteiger charge is 2.33. The van der Waals surface area contributed by atoms with E-state index in [-0.39, 0.29) is 6.42 Å². The van der Waals surface area contributed by atoms with Gasteiger partial charge in [0.2, 0.25) is 0 Å². The Morgan fingerprint density at radius 1 is 1.38 bits per heavy atom. The Morgan fingerprint density at radius 3 is 2.69 bits per heavy atom. The van der Waals surface area contributed by atoms with Crippen molar-refractivity contribution in [2.45, 2.75) is 37.8 Å². The fraction of sp³-hybridized carbons (Fsp3) is 0.750. The Bertz CT molecular complexity index is 188. The van der Waals surface area contributed by atoms with Crippen molar-refractivity contribution in [3.05, 3.63) is 12.2 Å². The third-order valence-electron chi connectivity index (χ3n) is 1.81. The monoisotopic (exact) mass is 196 g/mol. The van der Waals surface area contributed by atoms with Crippen LogP contribution in [0, 0.1) is 0 Å². The van der Waals surface area contributed by atoms with Gasteiger partial charge >= 0.3 is 6.36 Å². The van der Waals surface area contributed by atoms with Gasteiger partial charge in [-0.15, -0.1) is 13.2 Å². The minimum atomic E-state index is -4.63. The zero-order valence-electron chi connectivity index (χ0n) is 6.92. The van der Waals surface area contributed by atoms with Crippen LogP contribution in [0.1, 0.15) is 19.3 Å². The van der Waals surface area contributed by atoms with Gasteiger partial charge < -0.3 is 5.11 Å². The summed E-state index contributed by atoms with van der Waals surface area (Å²) in [6, 6.07) is 0. The molecule has 0 aliphatic heterocycles. The van der Waals surface area contributed by atoms with Crippen molar-refractivity contribution in [2.75, 3.05) is 0 Å². The number of aliphatic hydroxyl groups excluding tert-OH is 1. The van der Waals surface area contributed by atoms with E-state index in [0.29, 0.717) is 12.8 Å². The Morgan fingerprint density at radius 2 is 2.08 bits per heavy atom. The molecule has 1 N–H and O–H groups in total. The van der Waals surface area contributed by atoms with Gasteiger partial charge in [-0.1, -0.05) is 12.2 Å². The summed E-state index contributed by atoms with van der Waals surface area (Å²) in [5.74, 6) is 0. The molecule has 0 spiro atoms. The molecule has 1 rings (SSSR count). The maximum atomic E-state index is 11.8. The maximum absolute atomic E-state index is 11.8. The highest BCUT2D eigenvalue weighted by atomic mass is 19.4. The van der Waals surface area contributed by atoms with Crippen LogP contribution >= 0.6 is 0 Å². The molecule has 0 aromatic rings. The SMILES string of the molecule is OC1CCC=CC(OC(F)(F)F)C1. The van der Waals surface area contributed by atoms with Crippen molar-refractivity contribution >= 4 is 0 Å². The maximum Gasteiger partial charge on any atom is 0.523 e. The average Bonchev–Trinajstić information content (AvgIpc) is 2.10. The number of hydrogen-bond acceptors (Lipinski definition) is 2. The number of halogens is 3. The van der Waals surface area contributed by atoms with Gasteiger partial charge in [0.1, 0.15) is 0 Å². The third-order valence-corrected chi connectivity index (χ3v) is 1.81. The fourth-order valence-electron chi connectivity index (χ4n) is 1.26. The molecular formula is C8H11F3O2. The quantitative estimate of drug-likeness (QED) is 0.650. The lowest BCUT2D eigenvalue weighted by atomic mass is 10.1. The summed E-state index contributed by atoms with van der Waals surface area (Å²) in [4.78, 5) is 0. The van der Waals surface area contributed by atoms with E-state index >= 15 is 0 Å². The average molecular weight is 196 g/mol. The van der Waals surface area contributed by atoms with Gasteiger partial charge in [0.25, 0.3) is 0 Å². The summed E-state index contributed by atoms with van der Waals surface area (Å²) >= 11 is 0. The first-order valence-corrected chi connectivity index (χ1v) is 4.06. The van der Waals surface area contributed by atoms with Crippen LogP contribution in [-0.2, 0) is 4.74 Å². The van der Waals surface area contributed by atoms with Gasteiger partial charge in [0, 0.05) is 6.42 Å². The first kappa shape index (κ1) is 10.5. The predicted octanol–water partition coefficient (Wildman–Crippen LogP) is 1.99. The van der Waals surface area contributed by atoms with E-state index in [1.54, 1.807) is 6.08 Å². The molecule has 1 aliphatic carbocycles. The Balaban J connectivity index is 2.48. The zero-order valence-corrected chi connectivity index (χ0v) is 6.92.